The largest absolute Gasteiger partial charge is 0.373 e. The summed E-state index contributed by atoms with van der Waals surface area (Å²) in [5.74, 6) is 1.24. The molecule has 0 saturated carbocycles. The highest BCUT2D eigenvalue weighted by atomic mass is 16.2. The van der Waals surface area contributed by atoms with Crippen LogP contribution in [0.25, 0.3) is 28.3 Å². The summed E-state index contributed by atoms with van der Waals surface area (Å²) in [6, 6.07) is 15.9. The Bertz CT molecular complexity index is 1610. The fourth-order valence-corrected chi connectivity index (χ4v) is 4.26. The summed E-state index contributed by atoms with van der Waals surface area (Å²) < 4.78 is 3.94. The van der Waals surface area contributed by atoms with E-state index in [-0.39, 0.29) is 18.1 Å². The van der Waals surface area contributed by atoms with Crippen molar-refractivity contribution in [3.8, 4) is 22.6 Å². The molecule has 0 aliphatic carbocycles. The summed E-state index contributed by atoms with van der Waals surface area (Å²) in [5, 5.41) is 8.27. The van der Waals surface area contributed by atoms with E-state index in [9.17, 15) is 4.79 Å². The first kappa shape index (κ1) is 22.8. The zero-order chi connectivity index (χ0) is 25.2. The maximum absolute atomic E-state index is 13.4. The molecular weight excluding hydrogens is 458 g/mol. The quantitative estimate of drug-likeness (QED) is 0.385. The highest BCUT2D eigenvalue weighted by molar-refractivity contribution is 6.10. The fraction of sp³-hybridized carbons (Fsp3) is 0.154. The number of pyridine rings is 2. The Morgan fingerprint density at radius 2 is 1.83 bits per heavy atom. The van der Waals surface area contributed by atoms with E-state index in [1.165, 1.54) is 0 Å². The number of carbonyl (C=O) groups is 1. The number of hydrogen-bond donors (Lipinski definition) is 0. The van der Waals surface area contributed by atoms with Crippen molar-refractivity contribution in [3.63, 3.8) is 0 Å². The lowest BCUT2D eigenvalue weighted by Crippen LogP contribution is -2.24. The van der Waals surface area contributed by atoms with Crippen LogP contribution in [0.15, 0.2) is 73.4 Å². The number of amides is 1. The highest BCUT2D eigenvalue weighted by Gasteiger charge is 2.30. The Balaban J connectivity index is 0.000000848. The SMILES string of the molecule is CC(C)n1cnnc1-c1cccc(N2Cc3ccc(-c4ccc5nccn5c4)cc3C2=O)n1.O=C=O. The highest BCUT2D eigenvalue weighted by Crippen LogP contribution is 2.32. The predicted molar refractivity (Wildman–Crippen MR) is 130 cm³/mol. The molecule has 6 rings (SSSR count). The number of benzene rings is 1. The molecule has 1 aliphatic heterocycles. The minimum atomic E-state index is -0.0504. The third-order valence-corrected chi connectivity index (χ3v) is 6.01. The van der Waals surface area contributed by atoms with Gasteiger partial charge in [0.2, 0.25) is 0 Å². The second kappa shape index (κ2) is 9.36. The second-order valence-corrected chi connectivity index (χ2v) is 8.49. The minimum Gasteiger partial charge on any atom is -0.310 e. The number of rotatable bonds is 4. The van der Waals surface area contributed by atoms with Crippen LogP contribution in [0, 0.1) is 0 Å². The van der Waals surface area contributed by atoms with Crippen LogP contribution in [0.4, 0.5) is 5.82 Å². The van der Waals surface area contributed by atoms with Crippen molar-refractivity contribution in [2.24, 2.45) is 0 Å². The summed E-state index contributed by atoms with van der Waals surface area (Å²) in [6.07, 6.45) is 7.66. The standard InChI is InChI=1S/C25H21N7O.CO2/c1-16(2)32-15-27-29-24(32)21-4-3-5-23(28-21)31-14-19-7-6-17(12-20(19)25(31)33)18-8-9-22-26-10-11-30(22)13-18;2-1-3/h3-13,15-16H,14H2,1-2H3;. The van der Waals surface area contributed by atoms with Crippen molar-refractivity contribution in [1.29, 1.82) is 0 Å². The van der Waals surface area contributed by atoms with Crippen LogP contribution in [0.5, 0.6) is 0 Å². The maximum atomic E-state index is 13.4. The van der Waals surface area contributed by atoms with Gasteiger partial charge in [-0.2, -0.15) is 9.59 Å². The molecule has 1 aromatic carbocycles. The van der Waals surface area contributed by atoms with E-state index in [1.807, 2.05) is 63.8 Å². The van der Waals surface area contributed by atoms with Gasteiger partial charge in [-0.15, -0.1) is 10.2 Å². The Hall–Kier alpha value is -4.95. The van der Waals surface area contributed by atoms with Crippen LogP contribution < -0.4 is 4.90 Å². The van der Waals surface area contributed by atoms with E-state index in [0.717, 1.165) is 22.3 Å². The molecular formula is C26H21N7O3. The summed E-state index contributed by atoms with van der Waals surface area (Å²) >= 11 is 0. The van der Waals surface area contributed by atoms with E-state index < -0.39 is 0 Å². The van der Waals surface area contributed by atoms with E-state index >= 15 is 0 Å². The molecule has 10 nitrogen and oxygen atoms in total. The van der Waals surface area contributed by atoms with Crippen molar-refractivity contribution in [2.45, 2.75) is 26.4 Å². The molecule has 0 fully saturated rings. The van der Waals surface area contributed by atoms with E-state index in [0.29, 0.717) is 29.4 Å². The van der Waals surface area contributed by atoms with E-state index in [4.69, 9.17) is 14.6 Å². The smallest absolute Gasteiger partial charge is 0.310 e. The first-order valence-corrected chi connectivity index (χ1v) is 11.2. The van der Waals surface area contributed by atoms with Gasteiger partial charge in [-0.3, -0.25) is 9.69 Å². The van der Waals surface area contributed by atoms with E-state index in [2.05, 4.69) is 35.1 Å². The Morgan fingerprint density at radius 1 is 1.03 bits per heavy atom. The number of carbonyl (C=O) groups excluding carboxylic acids is 3. The van der Waals surface area contributed by atoms with Crippen LogP contribution in [0.3, 0.4) is 0 Å². The van der Waals surface area contributed by atoms with Crippen molar-refractivity contribution in [3.05, 3.63) is 84.6 Å². The van der Waals surface area contributed by atoms with Crippen LogP contribution >= 0.6 is 0 Å². The maximum Gasteiger partial charge on any atom is 0.373 e. The molecule has 4 aromatic heterocycles. The number of hydrogen-bond acceptors (Lipinski definition) is 7. The molecule has 0 unspecified atom stereocenters. The van der Waals surface area contributed by atoms with Crippen LogP contribution in [0.1, 0.15) is 35.8 Å². The predicted octanol–water partition coefficient (Wildman–Crippen LogP) is 3.81. The molecule has 5 heterocycles. The lowest BCUT2D eigenvalue weighted by Gasteiger charge is -2.16. The molecule has 1 aliphatic rings. The third kappa shape index (κ3) is 4.06. The van der Waals surface area contributed by atoms with Crippen molar-refractivity contribution < 1.29 is 14.4 Å². The van der Waals surface area contributed by atoms with Gasteiger partial charge in [-0.05, 0) is 60.9 Å². The number of nitrogens with zero attached hydrogens (tertiary/aromatic N) is 7. The van der Waals surface area contributed by atoms with Gasteiger partial charge in [0, 0.05) is 30.2 Å². The normalized spacial score (nSPS) is 12.4. The van der Waals surface area contributed by atoms with Gasteiger partial charge >= 0.3 is 6.15 Å². The zero-order valence-corrected chi connectivity index (χ0v) is 19.6. The number of aromatic nitrogens is 6. The van der Waals surface area contributed by atoms with Gasteiger partial charge in [-0.1, -0.05) is 18.2 Å². The lowest BCUT2D eigenvalue weighted by molar-refractivity contribution is -0.191. The summed E-state index contributed by atoms with van der Waals surface area (Å²) in [5.41, 5.74) is 5.30. The first-order valence-electron chi connectivity index (χ1n) is 11.2. The molecule has 0 spiro atoms. The number of fused-ring (bicyclic) bond motifs is 2. The minimum absolute atomic E-state index is 0.0504. The van der Waals surface area contributed by atoms with Crippen LogP contribution in [-0.2, 0) is 16.1 Å². The Labute approximate surface area is 205 Å². The van der Waals surface area contributed by atoms with E-state index in [1.54, 1.807) is 17.4 Å². The molecule has 0 saturated heterocycles. The Kier molecular flexibility index (Phi) is 5.93. The molecule has 178 valence electrons. The first-order chi connectivity index (χ1) is 17.5. The van der Waals surface area contributed by atoms with Crippen LogP contribution in [0.2, 0.25) is 0 Å². The van der Waals surface area contributed by atoms with Gasteiger partial charge in [0.25, 0.3) is 5.91 Å². The molecule has 5 aromatic rings. The van der Waals surface area contributed by atoms with Gasteiger partial charge in [0.1, 0.15) is 23.5 Å². The van der Waals surface area contributed by atoms with Gasteiger partial charge in [-0.25, -0.2) is 9.97 Å². The van der Waals surface area contributed by atoms with Crippen LogP contribution in [-0.4, -0.2) is 41.2 Å². The zero-order valence-electron chi connectivity index (χ0n) is 19.6. The molecule has 0 N–H and O–H groups in total. The van der Waals surface area contributed by atoms with Gasteiger partial charge in [0.15, 0.2) is 5.82 Å². The summed E-state index contributed by atoms with van der Waals surface area (Å²) in [7, 11) is 0. The molecule has 0 radical (unpaired) electrons. The topological polar surface area (TPSA) is 115 Å². The molecule has 0 atom stereocenters. The molecule has 1 amide bonds. The average Bonchev–Trinajstić information content (AvgIpc) is 3.63. The second-order valence-electron chi connectivity index (χ2n) is 8.49. The molecule has 0 bridgehead atoms. The van der Waals surface area contributed by atoms with Crippen molar-refractivity contribution in [1.82, 2.24) is 29.1 Å². The summed E-state index contributed by atoms with van der Waals surface area (Å²) in [4.78, 5) is 40.4. The van der Waals surface area contributed by atoms with Crippen molar-refractivity contribution >= 4 is 23.5 Å². The van der Waals surface area contributed by atoms with Gasteiger partial charge < -0.3 is 8.97 Å². The third-order valence-electron chi connectivity index (χ3n) is 6.01. The molecule has 36 heavy (non-hydrogen) atoms. The summed E-state index contributed by atoms with van der Waals surface area (Å²) in [6.45, 7) is 4.63. The monoisotopic (exact) mass is 479 g/mol. The fourth-order valence-electron chi connectivity index (χ4n) is 4.26. The Morgan fingerprint density at radius 3 is 2.64 bits per heavy atom. The number of imidazole rings is 1. The van der Waals surface area contributed by atoms with Crippen molar-refractivity contribution in [2.75, 3.05) is 4.90 Å². The lowest BCUT2D eigenvalue weighted by atomic mass is 10.0. The van der Waals surface area contributed by atoms with Gasteiger partial charge in [0.05, 0.1) is 6.54 Å². The molecule has 10 heteroatoms. The average molecular weight is 480 g/mol. The number of anilines is 1.